The van der Waals surface area contributed by atoms with E-state index in [1.807, 2.05) is 36.4 Å². The van der Waals surface area contributed by atoms with Crippen molar-refractivity contribution in [1.82, 2.24) is 0 Å². The van der Waals surface area contributed by atoms with E-state index in [-0.39, 0.29) is 0 Å². The summed E-state index contributed by atoms with van der Waals surface area (Å²) in [6.45, 7) is 0. The molecule has 0 saturated heterocycles. The molecule has 0 aliphatic carbocycles. The van der Waals surface area contributed by atoms with Gasteiger partial charge in [-0.2, -0.15) is 26.3 Å². The molecule has 12 heteroatoms. The maximum atomic E-state index is 11.1. The molecule has 0 unspecified atom stereocenters. The maximum Gasteiger partial charge on any atom is 0.452 e. The van der Waals surface area contributed by atoms with Crippen LogP contribution in [0.25, 0.3) is 0 Å². The maximum absolute atomic E-state index is 11.1. The van der Waals surface area contributed by atoms with Crippen molar-refractivity contribution in [2.75, 3.05) is 0 Å². The predicted octanol–water partition coefficient (Wildman–Crippen LogP) is 4.95. The van der Waals surface area contributed by atoms with Crippen LogP contribution in [0.15, 0.2) is 72.8 Å². The van der Waals surface area contributed by atoms with Crippen LogP contribution in [0.3, 0.4) is 0 Å². The molecule has 0 fully saturated rings. The normalized spacial score (nSPS) is 12.4. The van der Waals surface area contributed by atoms with Crippen LogP contribution >= 0.6 is 34.8 Å². The monoisotopic (exact) mass is 638 g/mol. The Morgan fingerprint density at radius 2 is 0.697 bits per heavy atom. The minimum Gasteiger partial charge on any atom is -0.352 e. The van der Waals surface area contributed by atoms with E-state index in [1.54, 1.807) is 0 Å². The molecule has 0 heterocycles. The molecule has 0 amide bonds. The van der Waals surface area contributed by atoms with E-state index in [1.165, 1.54) is 10.5 Å². The van der Waals surface area contributed by atoms with Crippen LogP contribution in [0.2, 0.25) is 15.1 Å². The molecule has 0 bridgehead atoms. The molecule has 0 aromatic heterocycles. The zero-order chi connectivity index (χ0) is 25.0. The number of benzene rings is 3. The van der Waals surface area contributed by atoms with Gasteiger partial charge in [-0.1, -0.05) is 0 Å². The summed E-state index contributed by atoms with van der Waals surface area (Å²) in [6, 6.07) is 24.5. The first kappa shape index (κ1) is 28.1. The van der Waals surface area contributed by atoms with Gasteiger partial charge in [0.2, 0.25) is 0 Å². The Balaban J connectivity index is 0.000000299. The third-order valence-electron chi connectivity index (χ3n) is 4.05. The predicted molar refractivity (Wildman–Crippen MR) is 118 cm³/mol. The summed E-state index contributed by atoms with van der Waals surface area (Å²) in [5.74, 6) is -5.62. The number of hydrogen-bond acceptors (Lipinski definition) is 2. The SMILES string of the molecule is Clc1cc[c]([Sb]([c]2ccc(Cl)cc2)[c]2ccc(Cl)cc2)cc1.OC(O)(C(F)(F)F)C(F)(F)F. The van der Waals surface area contributed by atoms with E-state index in [9.17, 15) is 26.3 Å². The second-order valence-corrected chi connectivity index (χ2v) is 14.1. The third-order valence-corrected chi connectivity index (χ3v) is 11.8. The van der Waals surface area contributed by atoms with Crippen molar-refractivity contribution in [3.05, 3.63) is 87.9 Å². The second-order valence-electron chi connectivity index (χ2n) is 6.43. The summed E-state index contributed by atoms with van der Waals surface area (Å²) in [6.07, 6.45) is -12.3. The van der Waals surface area contributed by atoms with E-state index in [4.69, 9.17) is 45.0 Å². The van der Waals surface area contributed by atoms with Crippen LogP contribution in [-0.2, 0) is 0 Å². The first-order valence-corrected chi connectivity index (χ1v) is 13.7. The zero-order valence-corrected chi connectivity index (χ0v) is 21.0. The van der Waals surface area contributed by atoms with Crippen molar-refractivity contribution in [3.63, 3.8) is 0 Å². The second kappa shape index (κ2) is 11.1. The molecular formula is C21H14Cl3F6O2Sb. The molecule has 0 atom stereocenters. The van der Waals surface area contributed by atoms with Crippen molar-refractivity contribution in [3.8, 4) is 0 Å². The topological polar surface area (TPSA) is 40.5 Å². The Bertz CT molecular complexity index is 914. The first-order chi connectivity index (χ1) is 15.1. The molecule has 2 nitrogen and oxygen atoms in total. The molecule has 0 aliphatic rings. The van der Waals surface area contributed by atoms with Gasteiger partial charge in [-0.3, -0.25) is 0 Å². The molecular weight excluding hydrogens is 626 g/mol. The fraction of sp³-hybridized carbons (Fsp3) is 0.143. The summed E-state index contributed by atoms with van der Waals surface area (Å²) >= 11 is 16.0. The third kappa shape index (κ3) is 7.41. The van der Waals surface area contributed by atoms with Crippen LogP contribution in [0.5, 0.6) is 0 Å². The minimum atomic E-state index is -6.13. The van der Waals surface area contributed by atoms with Crippen LogP contribution in [-0.4, -0.2) is 48.6 Å². The zero-order valence-electron chi connectivity index (χ0n) is 16.2. The quantitative estimate of drug-likeness (QED) is 0.242. The smallest absolute Gasteiger partial charge is 0.352 e. The standard InChI is InChI=1S/3C6H4Cl.C3H2F6O2.Sb/c3*7-6-4-2-1-3-5-6;4-2(5,6)1(10,11)3(7,8)9;/h3*2-5H;10-11H;. The van der Waals surface area contributed by atoms with Gasteiger partial charge < -0.3 is 10.2 Å². The van der Waals surface area contributed by atoms with Crippen molar-refractivity contribution >= 4 is 65.5 Å². The molecule has 0 radical (unpaired) electrons. The average molecular weight is 640 g/mol. The molecule has 33 heavy (non-hydrogen) atoms. The summed E-state index contributed by atoms with van der Waals surface area (Å²) in [5, 5.41) is 17.3. The number of hydrogen-bond donors (Lipinski definition) is 2. The van der Waals surface area contributed by atoms with Crippen molar-refractivity contribution < 1.29 is 36.6 Å². The van der Waals surface area contributed by atoms with Gasteiger partial charge in [0.25, 0.3) is 0 Å². The van der Waals surface area contributed by atoms with E-state index >= 15 is 0 Å². The number of aliphatic hydroxyl groups is 2. The molecule has 2 N–H and O–H groups in total. The van der Waals surface area contributed by atoms with Crippen LogP contribution < -0.4 is 10.5 Å². The van der Waals surface area contributed by atoms with E-state index in [2.05, 4.69) is 36.4 Å². The first-order valence-electron chi connectivity index (χ1n) is 8.78. The minimum absolute atomic E-state index is 0.761. The molecule has 0 aliphatic heterocycles. The van der Waals surface area contributed by atoms with Crippen LogP contribution in [0.1, 0.15) is 0 Å². The number of rotatable bonds is 3. The summed E-state index contributed by atoms with van der Waals surface area (Å²) in [5.41, 5.74) is 0. The van der Waals surface area contributed by atoms with Crippen molar-refractivity contribution in [2.45, 2.75) is 18.1 Å². The van der Waals surface area contributed by atoms with Gasteiger partial charge >= 0.3 is 172 Å². The summed E-state index contributed by atoms with van der Waals surface area (Å²) in [4.78, 5) is 0. The molecule has 3 aromatic rings. The summed E-state index contributed by atoms with van der Waals surface area (Å²) in [7, 11) is 0. The Kier molecular flexibility index (Phi) is 9.41. The van der Waals surface area contributed by atoms with Gasteiger partial charge in [-0.15, -0.1) is 0 Å². The van der Waals surface area contributed by atoms with Gasteiger partial charge in [0, 0.05) is 0 Å². The van der Waals surface area contributed by atoms with Crippen LogP contribution in [0.4, 0.5) is 26.3 Å². The largest absolute Gasteiger partial charge is 0.452 e. The van der Waals surface area contributed by atoms with E-state index < -0.39 is 38.3 Å². The van der Waals surface area contributed by atoms with Gasteiger partial charge in [0.05, 0.1) is 0 Å². The molecule has 0 spiro atoms. The average Bonchev–Trinajstić information content (AvgIpc) is 2.71. The van der Waals surface area contributed by atoms with Gasteiger partial charge in [0.1, 0.15) is 0 Å². The number of alkyl halides is 6. The fourth-order valence-corrected chi connectivity index (χ4v) is 9.14. The molecule has 3 rings (SSSR count). The summed E-state index contributed by atoms with van der Waals surface area (Å²) < 4.78 is 70.7. The van der Waals surface area contributed by atoms with Crippen LogP contribution in [0, 0.1) is 0 Å². The Morgan fingerprint density at radius 3 is 0.848 bits per heavy atom. The van der Waals surface area contributed by atoms with Gasteiger partial charge in [0.15, 0.2) is 0 Å². The van der Waals surface area contributed by atoms with Gasteiger partial charge in [-0.05, 0) is 0 Å². The molecule has 0 saturated carbocycles. The van der Waals surface area contributed by atoms with Crippen molar-refractivity contribution in [1.29, 1.82) is 0 Å². The molecule has 178 valence electrons. The van der Waals surface area contributed by atoms with E-state index in [0.717, 1.165) is 15.1 Å². The molecule has 3 aromatic carbocycles. The Morgan fingerprint density at radius 1 is 0.485 bits per heavy atom. The fourth-order valence-electron chi connectivity index (χ4n) is 2.38. The Hall–Kier alpha value is -1.15. The van der Waals surface area contributed by atoms with E-state index in [0.29, 0.717) is 0 Å². The van der Waals surface area contributed by atoms with Crippen molar-refractivity contribution in [2.24, 2.45) is 0 Å². The number of halogens is 9. The van der Waals surface area contributed by atoms with Gasteiger partial charge in [-0.25, -0.2) is 0 Å². The Labute approximate surface area is 207 Å².